The predicted octanol–water partition coefficient (Wildman–Crippen LogP) is 3.36. The summed E-state index contributed by atoms with van der Waals surface area (Å²) in [6, 6.07) is 10.3. The molecule has 3 N–H and O–H groups in total. The maximum Gasteiger partial charge on any atom is 0.101 e. The Bertz CT molecular complexity index is 471. The van der Waals surface area contributed by atoms with Gasteiger partial charge in [0.05, 0.1) is 0 Å². The van der Waals surface area contributed by atoms with Crippen molar-refractivity contribution in [3.63, 3.8) is 0 Å². The summed E-state index contributed by atoms with van der Waals surface area (Å²) >= 11 is 0. The fraction of sp³-hybridized carbons (Fsp3) is 0.267. The maximum atomic E-state index is 7.70. The molecule has 0 unspecified atom stereocenters. The predicted molar refractivity (Wildman–Crippen MR) is 72.8 cm³/mol. The minimum atomic E-state index is -0.266. The normalized spacial score (nSPS) is 23.2. The summed E-state index contributed by atoms with van der Waals surface area (Å²) in [4.78, 5) is 0. The largest absolute Gasteiger partial charge is 0.387 e. The van der Waals surface area contributed by atoms with Crippen molar-refractivity contribution in [1.29, 1.82) is 5.41 Å². The molecule has 88 valence electrons. The number of hydrogen-bond acceptors (Lipinski definition) is 1. The fourth-order valence-corrected chi connectivity index (χ4v) is 2.17. The van der Waals surface area contributed by atoms with E-state index in [0.29, 0.717) is 0 Å². The summed E-state index contributed by atoms with van der Waals surface area (Å²) in [6.07, 6.45) is 8.04. The third kappa shape index (κ3) is 2.16. The lowest BCUT2D eigenvalue weighted by Gasteiger charge is -2.29. The Morgan fingerprint density at radius 3 is 2.53 bits per heavy atom. The third-order valence-electron chi connectivity index (χ3n) is 3.54. The van der Waals surface area contributed by atoms with Crippen molar-refractivity contribution < 1.29 is 0 Å². The van der Waals surface area contributed by atoms with Crippen molar-refractivity contribution in [3.05, 3.63) is 54.1 Å². The summed E-state index contributed by atoms with van der Waals surface area (Å²) in [5.41, 5.74) is 7.87. The monoisotopic (exact) mass is 226 g/mol. The Morgan fingerprint density at radius 1 is 1.35 bits per heavy atom. The van der Waals surface area contributed by atoms with Crippen LogP contribution in [0, 0.1) is 10.8 Å². The van der Waals surface area contributed by atoms with Crippen LogP contribution >= 0.6 is 0 Å². The molecule has 0 radical (unpaired) electrons. The molecule has 0 fully saturated rings. The molecular formula is C15H18N2. The second-order valence-electron chi connectivity index (χ2n) is 4.49. The molecule has 1 aliphatic carbocycles. The van der Waals surface area contributed by atoms with Crippen LogP contribution in [0.25, 0.3) is 5.57 Å². The van der Waals surface area contributed by atoms with E-state index in [1.807, 2.05) is 18.2 Å². The summed E-state index contributed by atoms with van der Waals surface area (Å²) in [5, 5.41) is 7.70. The quantitative estimate of drug-likeness (QED) is 0.602. The topological polar surface area (TPSA) is 49.9 Å². The number of nitrogens with two attached hydrogens (primary N) is 1. The molecule has 0 amide bonds. The number of hydrogen-bond donors (Lipinski definition) is 2. The number of amidine groups is 1. The Labute approximate surface area is 102 Å². The number of benzene rings is 1. The van der Waals surface area contributed by atoms with E-state index >= 15 is 0 Å². The minimum Gasteiger partial charge on any atom is -0.387 e. The molecule has 1 aromatic carbocycles. The van der Waals surface area contributed by atoms with Gasteiger partial charge in [0.25, 0.3) is 0 Å². The van der Waals surface area contributed by atoms with Gasteiger partial charge in [0.2, 0.25) is 0 Å². The smallest absolute Gasteiger partial charge is 0.101 e. The van der Waals surface area contributed by atoms with Gasteiger partial charge in [-0.15, -0.1) is 0 Å². The number of nitrogens with one attached hydrogen (secondary N) is 1. The van der Waals surface area contributed by atoms with Crippen molar-refractivity contribution in [1.82, 2.24) is 0 Å². The zero-order valence-electron chi connectivity index (χ0n) is 10.1. The van der Waals surface area contributed by atoms with E-state index in [-0.39, 0.29) is 11.3 Å². The van der Waals surface area contributed by atoms with Crippen molar-refractivity contribution in [2.75, 3.05) is 0 Å². The van der Waals surface area contributed by atoms with E-state index < -0.39 is 0 Å². The van der Waals surface area contributed by atoms with Crippen LogP contribution in [-0.4, -0.2) is 5.84 Å². The van der Waals surface area contributed by atoms with Crippen molar-refractivity contribution in [3.8, 4) is 0 Å². The van der Waals surface area contributed by atoms with Crippen LogP contribution in [-0.2, 0) is 0 Å². The first-order valence-corrected chi connectivity index (χ1v) is 5.97. The molecule has 1 aromatic rings. The van der Waals surface area contributed by atoms with E-state index in [0.717, 1.165) is 12.8 Å². The highest BCUT2D eigenvalue weighted by Gasteiger charge is 2.29. The van der Waals surface area contributed by atoms with Crippen molar-refractivity contribution in [2.24, 2.45) is 11.1 Å². The molecule has 0 spiro atoms. The molecule has 0 saturated carbocycles. The summed E-state index contributed by atoms with van der Waals surface area (Å²) in [7, 11) is 0. The Morgan fingerprint density at radius 2 is 2.06 bits per heavy atom. The van der Waals surface area contributed by atoms with Crippen LogP contribution in [0.5, 0.6) is 0 Å². The van der Waals surface area contributed by atoms with Gasteiger partial charge in [0, 0.05) is 5.41 Å². The molecule has 0 aliphatic heterocycles. The fourth-order valence-electron chi connectivity index (χ4n) is 2.17. The van der Waals surface area contributed by atoms with Crippen molar-refractivity contribution in [2.45, 2.75) is 19.8 Å². The van der Waals surface area contributed by atoms with Gasteiger partial charge in [-0.2, -0.15) is 0 Å². The molecule has 2 heteroatoms. The zero-order valence-corrected chi connectivity index (χ0v) is 10.1. The second kappa shape index (κ2) is 4.58. The van der Waals surface area contributed by atoms with E-state index in [9.17, 15) is 0 Å². The SMILES string of the molecule is CC[C@@]1(C(=N)N)C=CC(c2ccccc2)=CC1. The average molecular weight is 226 g/mol. The Balaban J connectivity index is 2.25. The molecule has 0 heterocycles. The first-order chi connectivity index (χ1) is 8.18. The van der Waals surface area contributed by atoms with Gasteiger partial charge in [0.1, 0.15) is 5.84 Å². The third-order valence-corrected chi connectivity index (χ3v) is 3.54. The standard InChI is InChI=1S/C15H18N2/c1-2-15(14(16)17)10-8-13(9-11-15)12-6-4-3-5-7-12/h3-10H,2,11H2,1H3,(H3,16,17)/t15-/m1/s1. The summed E-state index contributed by atoms with van der Waals surface area (Å²) < 4.78 is 0. The highest BCUT2D eigenvalue weighted by atomic mass is 14.7. The van der Waals surface area contributed by atoms with E-state index in [2.05, 4.69) is 37.3 Å². The number of rotatable bonds is 3. The maximum absolute atomic E-state index is 7.70. The molecule has 0 aromatic heterocycles. The first kappa shape index (κ1) is 11.6. The summed E-state index contributed by atoms with van der Waals surface area (Å²) in [6.45, 7) is 2.08. The van der Waals surface area contributed by atoms with Gasteiger partial charge >= 0.3 is 0 Å². The minimum absolute atomic E-state index is 0.264. The zero-order chi connectivity index (χ0) is 12.3. The molecule has 0 bridgehead atoms. The summed E-state index contributed by atoms with van der Waals surface area (Å²) in [5.74, 6) is 0.264. The van der Waals surface area contributed by atoms with Gasteiger partial charge in [-0.3, -0.25) is 5.41 Å². The molecule has 2 nitrogen and oxygen atoms in total. The van der Waals surface area contributed by atoms with Crippen LogP contribution in [0.2, 0.25) is 0 Å². The van der Waals surface area contributed by atoms with Gasteiger partial charge in [0.15, 0.2) is 0 Å². The van der Waals surface area contributed by atoms with E-state index in [4.69, 9.17) is 11.1 Å². The first-order valence-electron chi connectivity index (χ1n) is 5.97. The molecule has 2 rings (SSSR count). The van der Waals surface area contributed by atoms with Crippen LogP contribution in [0.3, 0.4) is 0 Å². The van der Waals surface area contributed by atoms with Gasteiger partial charge < -0.3 is 5.73 Å². The van der Waals surface area contributed by atoms with Crippen LogP contribution in [0.1, 0.15) is 25.3 Å². The molecule has 1 atom stereocenters. The molecule has 17 heavy (non-hydrogen) atoms. The van der Waals surface area contributed by atoms with Crippen LogP contribution < -0.4 is 5.73 Å². The molecule has 0 saturated heterocycles. The highest BCUT2D eigenvalue weighted by Crippen LogP contribution is 2.35. The van der Waals surface area contributed by atoms with Gasteiger partial charge in [-0.05, 0) is 24.0 Å². The van der Waals surface area contributed by atoms with Gasteiger partial charge in [-0.25, -0.2) is 0 Å². The molecular weight excluding hydrogens is 208 g/mol. The molecule has 1 aliphatic rings. The lowest BCUT2D eigenvalue weighted by atomic mass is 9.76. The number of allylic oxidation sites excluding steroid dienone is 3. The lowest BCUT2D eigenvalue weighted by Crippen LogP contribution is -2.34. The van der Waals surface area contributed by atoms with E-state index in [1.165, 1.54) is 11.1 Å². The Hall–Kier alpha value is -1.83. The van der Waals surface area contributed by atoms with Crippen LogP contribution in [0.15, 0.2) is 48.6 Å². The van der Waals surface area contributed by atoms with Crippen LogP contribution in [0.4, 0.5) is 0 Å². The Kier molecular flexibility index (Phi) is 3.14. The average Bonchev–Trinajstić information content (AvgIpc) is 2.39. The second-order valence-corrected chi connectivity index (χ2v) is 4.49. The van der Waals surface area contributed by atoms with Gasteiger partial charge in [-0.1, -0.05) is 55.5 Å². The van der Waals surface area contributed by atoms with E-state index in [1.54, 1.807) is 0 Å². The lowest BCUT2D eigenvalue weighted by molar-refractivity contribution is 0.509. The highest BCUT2D eigenvalue weighted by molar-refractivity contribution is 5.88. The van der Waals surface area contributed by atoms with Crippen molar-refractivity contribution >= 4 is 11.4 Å².